The Morgan fingerprint density at radius 2 is 1.95 bits per heavy atom. The molecule has 0 bridgehead atoms. The number of hydrogen-bond acceptors (Lipinski definition) is 4. The van der Waals surface area contributed by atoms with Gasteiger partial charge >= 0.3 is 0 Å². The minimum Gasteiger partial charge on any atom is -0.353 e. The second kappa shape index (κ2) is 8.92. The standard InChI is InChI=1S/C14H28N4O2/c1-4-17(11-13(19)16-12(2)3)8-5-14(20)18-9-6-15-7-10-18/h12,15H,4-11H2,1-3H3,(H,16,19). The minimum atomic E-state index is 0.0245. The van der Waals surface area contributed by atoms with Crippen molar-refractivity contribution in [3.8, 4) is 0 Å². The first-order chi connectivity index (χ1) is 9.52. The fourth-order valence-corrected chi connectivity index (χ4v) is 2.25. The zero-order valence-electron chi connectivity index (χ0n) is 12.9. The van der Waals surface area contributed by atoms with Crippen LogP contribution in [0.15, 0.2) is 0 Å². The summed E-state index contributed by atoms with van der Waals surface area (Å²) < 4.78 is 0. The van der Waals surface area contributed by atoms with Crippen LogP contribution in [0.1, 0.15) is 27.2 Å². The van der Waals surface area contributed by atoms with E-state index in [0.717, 1.165) is 32.7 Å². The second-order valence-electron chi connectivity index (χ2n) is 5.47. The summed E-state index contributed by atoms with van der Waals surface area (Å²) in [5.41, 5.74) is 0. The van der Waals surface area contributed by atoms with Crippen LogP contribution in [0.2, 0.25) is 0 Å². The Morgan fingerprint density at radius 1 is 1.30 bits per heavy atom. The molecule has 6 heteroatoms. The predicted octanol–water partition coefficient (Wildman–Crippen LogP) is -0.345. The van der Waals surface area contributed by atoms with Gasteiger partial charge in [-0.3, -0.25) is 14.5 Å². The van der Waals surface area contributed by atoms with E-state index in [9.17, 15) is 9.59 Å². The molecule has 6 nitrogen and oxygen atoms in total. The first-order valence-corrected chi connectivity index (χ1v) is 7.53. The molecule has 0 radical (unpaired) electrons. The van der Waals surface area contributed by atoms with Crippen LogP contribution in [0.4, 0.5) is 0 Å². The molecule has 0 aromatic carbocycles. The van der Waals surface area contributed by atoms with E-state index in [0.29, 0.717) is 19.5 Å². The third kappa shape index (κ3) is 6.34. The molecule has 1 heterocycles. The van der Waals surface area contributed by atoms with E-state index < -0.39 is 0 Å². The van der Waals surface area contributed by atoms with Crippen molar-refractivity contribution in [3.63, 3.8) is 0 Å². The van der Waals surface area contributed by atoms with Gasteiger partial charge in [-0.2, -0.15) is 0 Å². The number of carbonyl (C=O) groups is 2. The van der Waals surface area contributed by atoms with Gasteiger partial charge < -0.3 is 15.5 Å². The first kappa shape index (κ1) is 16.9. The van der Waals surface area contributed by atoms with Gasteiger partial charge in [0.1, 0.15) is 0 Å². The summed E-state index contributed by atoms with van der Waals surface area (Å²) >= 11 is 0. The van der Waals surface area contributed by atoms with Gasteiger partial charge in [0.25, 0.3) is 0 Å². The van der Waals surface area contributed by atoms with Crippen LogP contribution < -0.4 is 10.6 Å². The van der Waals surface area contributed by atoms with Crippen LogP contribution >= 0.6 is 0 Å². The summed E-state index contributed by atoms with van der Waals surface area (Å²) in [6, 6.07) is 0.156. The molecular weight excluding hydrogens is 256 g/mol. The topological polar surface area (TPSA) is 64.7 Å². The monoisotopic (exact) mass is 284 g/mol. The van der Waals surface area contributed by atoms with Crippen LogP contribution in [-0.4, -0.2) is 73.5 Å². The zero-order chi connectivity index (χ0) is 15.0. The van der Waals surface area contributed by atoms with Crippen LogP contribution in [0.3, 0.4) is 0 Å². The molecule has 20 heavy (non-hydrogen) atoms. The Kier molecular flexibility index (Phi) is 7.54. The Hall–Kier alpha value is -1.14. The number of nitrogens with zero attached hydrogens (tertiary/aromatic N) is 2. The van der Waals surface area contributed by atoms with Crippen molar-refractivity contribution in [1.82, 2.24) is 20.4 Å². The number of nitrogens with one attached hydrogen (secondary N) is 2. The smallest absolute Gasteiger partial charge is 0.234 e. The number of rotatable bonds is 7. The second-order valence-corrected chi connectivity index (χ2v) is 5.47. The average molecular weight is 284 g/mol. The van der Waals surface area contributed by atoms with E-state index >= 15 is 0 Å². The lowest BCUT2D eigenvalue weighted by atomic mass is 10.3. The molecule has 1 rings (SSSR count). The van der Waals surface area contributed by atoms with Gasteiger partial charge in [-0.25, -0.2) is 0 Å². The largest absolute Gasteiger partial charge is 0.353 e. The Balaban J connectivity index is 2.29. The number of amides is 2. The van der Waals surface area contributed by atoms with Crippen molar-refractivity contribution < 1.29 is 9.59 Å². The summed E-state index contributed by atoms with van der Waals surface area (Å²) in [4.78, 5) is 27.7. The van der Waals surface area contributed by atoms with E-state index in [1.54, 1.807) is 0 Å². The third-order valence-electron chi connectivity index (χ3n) is 3.38. The number of hydrogen-bond donors (Lipinski definition) is 2. The average Bonchev–Trinajstić information content (AvgIpc) is 2.43. The van der Waals surface area contributed by atoms with Gasteiger partial charge in [0.2, 0.25) is 11.8 Å². The summed E-state index contributed by atoms with van der Waals surface area (Å²) in [5, 5.41) is 6.11. The molecular formula is C14H28N4O2. The molecule has 116 valence electrons. The maximum absolute atomic E-state index is 12.1. The number of likely N-dealkylation sites (N-methyl/N-ethyl adjacent to an activating group) is 1. The Bertz CT molecular complexity index is 314. The van der Waals surface area contributed by atoms with Crippen LogP contribution in [-0.2, 0) is 9.59 Å². The molecule has 0 aromatic heterocycles. The molecule has 1 aliphatic rings. The molecule has 0 aromatic rings. The van der Waals surface area contributed by atoms with Gasteiger partial charge in [0.15, 0.2) is 0 Å². The molecule has 0 unspecified atom stereocenters. The fourth-order valence-electron chi connectivity index (χ4n) is 2.25. The SMILES string of the molecule is CCN(CCC(=O)N1CCNCC1)CC(=O)NC(C)C. The van der Waals surface area contributed by atoms with Gasteiger partial charge in [0.05, 0.1) is 6.54 Å². The van der Waals surface area contributed by atoms with E-state index in [-0.39, 0.29) is 17.9 Å². The molecule has 0 spiro atoms. The maximum atomic E-state index is 12.1. The van der Waals surface area contributed by atoms with E-state index in [1.807, 2.05) is 30.6 Å². The molecule has 1 aliphatic heterocycles. The summed E-state index contributed by atoms with van der Waals surface area (Å²) in [7, 11) is 0. The molecule has 2 amide bonds. The molecule has 0 saturated carbocycles. The van der Waals surface area contributed by atoms with Gasteiger partial charge in [0, 0.05) is 45.2 Å². The third-order valence-corrected chi connectivity index (χ3v) is 3.38. The highest BCUT2D eigenvalue weighted by atomic mass is 16.2. The lowest BCUT2D eigenvalue weighted by Gasteiger charge is -2.28. The van der Waals surface area contributed by atoms with Crippen molar-refractivity contribution in [2.75, 3.05) is 45.8 Å². The Morgan fingerprint density at radius 3 is 2.50 bits per heavy atom. The Labute approximate surface area is 121 Å². The first-order valence-electron chi connectivity index (χ1n) is 7.53. The van der Waals surface area contributed by atoms with Gasteiger partial charge in [-0.05, 0) is 20.4 Å². The van der Waals surface area contributed by atoms with E-state index in [1.165, 1.54) is 0 Å². The highest BCUT2D eigenvalue weighted by molar-refractivity contribution is 5.79. The van der Waals surface area contributed by atoms with Crippen molar-refractivity contribution in [2.45, 2.75) is 33.2 Å². The predicted molar refractivity (Wildman–Crippen MR) is 79.5 cm³/mol. The molecule has 2 N–H and O–H groups in total. The minimum absolute atomic E-state index is 0.0245. The summed E-state index contributed by atoms with van der Waals surface area (Å²) in [6.45, 7) is 11.0. The van der Waals surface area contributed by atoms with E-state index in [4.69, 9.17) is 0 Å². The van der Waals surface area contributed by atoms with Gasteiger partial charge in [-0.1, -0.05) is 6.92 Å². The van der Waals surface area contributed by atoms with Crippen LogP contribution in [0, 0.1) is 0 Å². The zero-order valence-corrected chi connectivity index (χ0v) is 12.9. The van der Waals surface area contributed by atoms with Crippen molar-refractivity contribution in [3.05, 3.63) is 0 Å². The van der Waals surface area contributed by atoms with Crippen molar-refractivity contribution in [1.29, 1.82) is 0 Å². The lowest BCUT2D eigenvalue weighted by molar-refractivity contribution is -0.132. The fraction of sp³-hybridized carbons (Fsp3) is 0.857. The quantitative estimate of drug-likeness (QED) is 0.671. The van der Waals surface area contributed by atoms with Crippen molar-refractivity contribution in [2.24, 2.45) is 0 Å². The van der Waals surface area contributed by atoms with Crippen LogP contribution in [0.25, 0.3) is 0 Å². The number of piperazine rings is 1. The van der Waals surface area contributed by atoms with Crippen LogP contribution in [0.5, 0.6) is 0 Å². The summed E-state index contributed by atoms with van der Waals surface area (Å²) in [5.74, 6) is 0.214. The maximum Gasteiger partial charge on any atom is 0.234 e. The highest BCUT2D eigenvalue weighted by Gasteiger charge is 2.17. The molecule has 1 fully saturated rings. The number of carbonyl (C=O) groups excluding carboxylic acids is 2. The highest BCUT2D eigenvalue weighted by Crippen LogP contribution is 1.99. The van der Waals surface area contributed by atoms with Crippen molar-refractivity contribution >= 4 is 11.8 Å². The normalized spacial score (nSPS) is 15.8. The van der Waals surface area contributed by atoms with Gasteiger partial charge in [-0.15, -0.1) is 0 Å². The molecule has 0 aliphatic carbocycles. The molecule has 1 saturated heterocycles. The lowest BCUT2D eigenvalue weighted by Crippen LogP contribution is -2.47. The van der Waals surface area contributed by atoms with E-state index in [2.05, 4.69) is 10.6 Å². The summed E-state index contributed by atoms with van der Waals surface area (Å²) in [6.07, 6.45) is 0.489. The molecule has 0 atom stereocenters.